The molecule has 1 spiro atoms. The quantitative estimate of drug-likeness (QED) is 0.608. The number of nitrogens with one attached hydrogen (secondary N) is 2. The Labute approximate surface area is 169 Å². The van der Waals surface area contributed by atoms with Crippen molar-refractivity contribution in [2.45, 2.75) is 50.8 Å². The summed E-state index contributed by atoms with van der Waals surface area (Å²) >= 11 is 12.0. The number of thiocarbonyl (C=S) groups is 1. The zero-order chi connectivity index (χ0) is 19.4. The van der Waals surface area contributed by atoms with Gasteiger partial charge in [0.1, 0.15) is 11.5 Å². The van der Waals surface area contributed by atoms with Crippen molar-refractivity contribution in [2.24, 2.45) is 0 Å². The van der Waals surface area contributed by atoms with Crippen molar-refractivity contribution in [3.63, 3.8) is 0 Å². The summed E-state index contributed by atoms with van der Waals surface area (Å²) in [6.07, 6.45) is 1.41. The zero-order valence-corrected chi connectivity index (χ0v) is 17.2. The predicted molar refractivity (Wildman–Crippen MR) is 112 cm³/mol. The Balaban J connectivity index is 1.89. The van der Waals surface area contributed by atoms with E-state index in [0.29, 0.717) is 17.3 Å². The molecule has 3 N–H and O–H groups in total. The standard InChI is InChI=1S/C21H23ClN2O2S/c1-12-17(25)9-8-14-15(13-6-4-5-7-16(13)22)10-21(26-18(12)14)11-20(2,3)23-19(27)24-21/h4-9,15,25H,10-11H2,1-3H3,(H2,23,24,27)/t15-,21+/m1/s1. The van der Waals surface area contributed by atoms with Crippen molar-refractivity contribution in [1.29, 1.82) is 0 Å². The summed E-state index contributed by atoms with van der Waals surface area (Å²) in [4.78, 5) is 0. The predicted octanol–water partition coefficient (Wildman–Crippen LogP) is 4.61. The van der Waals surface area contributed by atoms with E-state index in [1.54, 1.807) is 6.07 Å². The van der Waals surface area contributed by atoms with Crippen LogP contribution in [0, 0.1) is 6.92 Å². The number of aromatic hydroxyl groups is 1. The Morgan fingerprint density at radius 3 is 2.59 bits per heavy atom. The van der Waals surface area contributed by atoms with Gasteiger partial charge in [-0.1, -0.05) is 35.9 Å². The number of fused-ring (bicyclic) bond motifs is 1. The maximum Gasteiger partial charge on any atom is 0.185 e. The maximum absolute atomic E-state index is 10.3. The number of halogens is 1. The van der Waals surface area contributed by atoms with Crippen LogP contribution in [0.1, 0.15) is 49.3 Å². The molecule has 2 atom stereocenters. The van der Waals surface area contributed by atoms with Crippen LogP contribution in [-0.4, -0.2) is 21.5 Å². The second-order valence-corrected chi connectivity index (χ2v) is 8.96. The van der Waals surface area contributed by atoms with Crippen LogP contribution >= 0.6 is 23.8 Å². The average molecular weight is 403 g/mol. The van der Waals surface area contributed by atoms with Gasteiger partial charge >= 0.3 is 0 Å². The number of phenols is 1. The van der Waals surface area contributed by atoms with Gasteiger partial charge < -0.3 is 20.5 Å². The molecule has 2 heterocycles. The summed E-state index contributed by atoms with van der Waals surface area (Å²) in [5.74, 6) is 0.963. The van der Waals surface area contributed by atoms with E-state index in [9.17, 15) is 5.11 Å². The molecule has 1 fully saturated rings. The SMILES string of the molecule is Cc1c(O)ccc2c1O[C@@]1(C[C@@H]2c2ccccc2Cl)CC(C)(C)NC(=S)N1. The van der Waals surface area contributed by atoms with Crippen molar-refractivity contribution in [3.8, 4) is 11.5 Å². The Hall–Kier alpha value is -1.98. The number of rotatable bonds is 1. The first-order valence-electron chi connectivity index (χ1n) is 9.06. The first kappa shape index (κ1) is 18.4. The molecule has 4 nitrogen and oxygen atoms in total. The number of benzene rings is 2. The molecule has 0 bridgehead atoms. The molecule has 0 unspecified atom stereocenters. The molecule has 0 aromatic heterocycles. The Morgan fingerprint density at radius 1 is 1.15 bits per heavy atom. The maximum atomic E-state index is 10.3. The van der Waals surface area contributed by atoms with Crippen molar-refractivity contribution in [2.75, 3.05) is 0 Å². The molecular formula is C21H23ClN2O2S. The van der Waals surface area contributed by atoms with Crippen molar-refractivity contribution >= 4 is 28.9 Å². The fraction of sp³-hybridized carbons (Fsp3) is 0.381. The Bertz CT molecular complexity index is 930. The third-order valence-electron chi connectivity index (χ3n) is 5.42. The molecule has 4 rings (SSSR count). The molecule has 2 aromatic carbocycles. The third kappa shape index (κ3) is 3.23. The molecular weight excluding hydrogens is 380 g/mol. The highest BCUT2D eigenvalue weighted by Gasteiger charge is 2.49. The molecule has 142 valence electrons. The highest BCUT2D eigenvalue weighted by Crippen LogP contribution is 2.50. The summed E-state index contributed by atoms with van der Waals surface area (Å²) in [5, 5.41) is 18.2. The second kappa shape index (κ2) is 6.28. The minimum atomic E-state index is -0.665. The lowest BCUT2D eigenvalue weighted by Crippen LogP contribution is -2.69. The first-order chi connectivity index (χ1) is 12.7. The van der Waals surface area contributed by atoms with Gasteiger partial charge in [-0.2, -0.15) is 0 Å². The lowest BCUT2D eigenvalue weighted by molar-refractivity contribution is -0.0134. The fourth-order valence-corrected chi connectivity index (χ4v) is 5.09. The van der Waals surface area contributed by atoms with E-state index < -0.39 is 5.72 Å². The first-order valence-corrected chi connectivity index (χ1v) is 9.85. The van der Waals surface area contributed by atoms with Gasteiger partial charge in [-0.05, 0) is 50.7 Å². The highest BCUT2D eigenvalue weighted by atomic mass is 35.5. The topological polar surface area (TPSA) is 53.5 Å². The smallest absolute Gasteiger partial charge is 0.185 e. The summed E-state index contributed by atoms with van der Waals surface area (Å²) in [5.41, 5.74) is 1.94. The van der Waals surface area contributed by atoms with Crippen molar-refractivity contribution in [1.82, 2.24) is 10.6 Å². The van der Waals surface area contributed by atoms with Crippen LogP contribution in [0.4, 0.5) is 0 Å². The molecule has 0 saturated carbocycles. The molecule has 0 radical (unpaired) electrons. The van der Waals surface area contributed by atoms with Gasteiger partial charge in [0, 0.05) is 40.4 Å². The highest BCUT2D eigenvalue weighted by molar-refractivity contribution is 7.80. The lowest BCUT2D eigenvalue weighted by Gasteiger charge is -2.51. The van der Waals surface area contributed by atoms with Crippen LogP contribution in [0.5, 0.6) is 11.5 Å². The van der Waals surface area contributed by atoms with E-state index in [0.717, 1.165) is 28.1 Å². The van der Waals surface area contributed by atoms with E-state index in [4.69, 9.17) is 28.6 Å². The van der Waals surface area contributed by atoms with Gasteiger partial charge in [-0.15, -0.1) is 0 Å². The summed E-state index contributed by atoms with van der Waals surface area (Å²) in [6, 6.07) is 11.6. The molecule has 1 saturated heterocycles. The number of hydrogen-bond acceptors (Lipinski definition) is 3. The van der Waals surface area contributed by atoms with Gasteiger partial charge in [0.25, 0.3) is 0 Å². The fourth-order valence-electron chi connectivity index (χ4n) is 4.36. The van der Waals surface area contributed by atoms with Gasteiger partial charge in [0.05, 0.1) is 0 Å². The van der Waals surface area contributed by atoms with Gasteiger partial charge in [-0.25, -0.2) is 0 Å². The molecule has 0 aliphatic carbocycles. The molecule has 0 amide bonds. The van der Waals surface area contributed by atoms with Gasteiger partial charge in [0.2, 0.25) is 0 Å². The van der Waals surface area contributed by atoms with Crippen LogP contribution in [0.15, 0.2) is 36.4 Å². The van der Waals surface area contributed by atoms with Crippen LogP contribution in [-0.2, 0) is 0 Å². The number of ether oxygens (including phenoxy) is 1. The molecule has 2 aromatic rings. The van der Waals surface area contributed by atoms with Crippen LogP contribution in [0.2, 0.25) is 5.02 Å². The minimum Gasteiger partial charge on any atom is -0.508 e. The molecule has 27 heavy (non-hydrogen) atoms. The van der Waals surface area contributed by atoms with Gasteiger partial charge in [0.15, 0.2) is 10.8 Å². The molecule has 6 heteroatoms. The lowest BCUT2D eigenvalue weighted by atomic mass is 9.76. The van der Waals surface area contributed by atoms with Gasteiger partial charge in [-0.3, -0.25) is 0 Å². The van der Waals surface area contributed by atoms with Crippen LogP contribution in [0.25, 0.3) is 0 Å². The summed E-state index contributed by atoms with van der Waals surface area (Å²) < 4.78 is 6.53. The van der Waals surface area contributed by atoms with E-state index >= 15 is 0 Å². The minimum absolute atomic E-state index is 0.0333. The molecule has 2 aliphatic heterocycles. The van der Waals surface area contributed by atoms with E-state index in [-0.39, 0.29) is 17.2 Å². The van der Waals surface area contributed by atoms with E-state index in [1.807, 2.05) is 31.2 Å². The second-order valence-electron chi connectivity index (χ2n) is 8.14. The van der Waals surface area contributed by atoms with Crippen LogP contribution in [0.3, 0.4) is 0 Å². The largest absolute Gasteiger partial charge is 0.508 e. The zero-order valence-electron chi connectivity index (χ0n) is 15.6. The third-order valence-corrected chi connectivity index (χ3v) is 5.96. The monoisotopic (exact) mass is 402 g/mol. The normalized spacial score (nSPS) is 25.9. The van der Waals surface area contributed by atoms with E-state index in [1.165, 1.54) is 0 Å². The summed E-state index contributed by atoms with van der Waals surface area (Å²) in [6.45, 7) is 6.10. The molecule has 2 aliphatic rings. The van der Waals surface area contributed by atoms with Crippen LogP contribution < -0.4 is 15.4 Å². The van der Waals surface area contributed by atoms with Crippen molar-refractivity contribution < 1.29 is 9.84 Å². The van der Waals surface area contributed by atoms with Crippen molar-refractivity contribution in [3.05, 3.63) is 58.1 Å². The number of phenolic OH excluding ortho intramolecular Hbond substituents is 1. The Morgan fingerprint density at radius 2 is 1.89 bits per heavy atom. The Kier molecular flexibility index (Phi) is 4.28. The average Bonchev–Trinajstić information content (AvgIpc) is 2.56. The summed E-state index contributed by atoms with van der Waals surface area (Å²) in [7, 11) is 0. The number of hydrogen-bond donors (Lipinski definition) is 3. The van der Waals surface area contributed by atoms with E-state index in [2.05, 4.69) is 30.5 Å².